The third-order valence-corrected chi connectivity index (χ3v) is 6.53. The molecule has 0 saturated carbocycles. The summed E-state index contributed by atoms with van der Waals surface area (Å²) in [6.45, 7) is 3.40. The number of amides is 1. The van der Waals surface area contributed by atoms with Crippen LogP contribution in [0.3, 0.4) is 0 Å². The quantitative estimate of drug-likeness (QED) is 0.449. The van der Waals surface area contributed by atoms with Gasteiger partial charge in [0.25, 0.3) is 0 Å². The second-order valence-corrected chi connectivity index (χ2v) is 9.44. The lowest BCUT2D eigenvalue weighted by Gasteiger charge is -2.22. The van der Waals surface area contributed by atoms with Crippen LogP contribution in [0.15, 0.2) is 47.4 Å². The minimum absolute atomic E-state index is 0.105. The van der Waals surface area contributed by atoms with Gasteiger partial charge in [0.05, 0.1) is 10.2 Å². The summed E-state index contributed by atoms with van der Waals surface area (Å²) in [4.78, 5) is 22.9. The Morgan fingerprint density at radius 1 is 1.18 bits per heavy atom. The van der Waals surface area contributed by atoms with Crippen molar-refractivity contribution in [3.05, 3.63) is 53.1 Å². The van der Waals surface area contributed by atoms with Crippen LogP contribution in [0.25, 0.3) is 10.2 Å². The molecule has 7 heteroatoms. The third kappa shape index (κ3) is 5.47. The Morgan fingerprint density at radius 2 is 1.93 bits per heavy atom. The van der Waals surface area contributed by atoms with Crippen molar-refractivity contribution in [1.82, 2.24) is 9.88 Å². The van der Waals surface area contributed by atoms with E-state index in [9.17, 15) is 4.79 Å². The van der Waals surface area contributed by atoms with E-state index < -0.39 is 0 Å². The van der Waals surface area contributed by atoms with Gasteiger partial charge >= 0.3 is 0 Å². The van der Waals surface area contributed by atoms with Crippen molar-refractivity contribution >= 4 is 56.0 Å². The van der Waals surface area contributed by atoms with Gasteiger partial charge in [0, 0.05) is 35.2 Å². The van der Waals surface area contributed by atoms with E-state index in [0.717, 1.165) is 33.2 Å². The first-order chi connectivity index (χ1) is 13.4. The van der Waals surface area contributed by atoms with Crippen molar-refractivity contribution in [3.8, 4) is 0 Å². The largest absolute Gasteiger partial charge is 0.308 e. The van der Waals surface area contributed by atoms with E-state index in [1.54, 1.807) is 11.8 Å². The highest BCUT2D eigenvalue weighted by Gasteiger charge is 2.20. The highest BCUT2D eigenvalue weighted by Crippen LogP contribution is 2.33. The first-order valence-corrected chi connectivity index (χ1v) is 11.3. The molecule has 0 aliphatic heterocycles. The van der Waals surface area contributed by atoms with Gasteiger partial charge in [-0.15, -0.1) is 11.8 Å². The molecule has 0 aliphatic rings. The van der Waals surface area contributed by atoms with Gasteiger partial charge < -0.3 is 4.90 Å². The van der Waals surface area contributed by atoms with Crippen LogP contribution in [0.5, 0.6) is 0 Å². The SMILES string of the molecule is Cc1cc(Cl)cc2sc(N(CCN(C)C)C(=O)CCSc3ccccc3)nc12. The molecular weight excluding hydrogens is 410 g/mol. The van der Waals surface area contributed by atoms with Crippen molar-refractivity contribution < 1.29 is 4.79 Å². The van der Waals surface area contributed by atoms with E-state index in [1.165, 1.54) is 16.2 Å². The number of fused-ring (bicyclic) bond motifs is 1. The van der Waals surface area contributed by atoms with Crippen molar-refractivity contribution in [2.75, 3.05) is 37.8 Å². The fourth-order valence-corrected chi connectivity index (χ4v) is 5.12. The topological polar surface area (TPSA) is 36.4 Å². The first-order valence-electron chi connectivity index (χ1n) is 9.13. The Labute approximate surface area is 179 Å². The van der Waals surface area contributed by atoms with Crippen LogP contribution in [0.4, 0.5) is 5.13 Å². The van der Waals surface area contributed by atoms with Gasteiger partial charge in [-0.1, -0.05) is 41.1 Å². The van der Waals surface area contributed by atoms with E-state index in [-0.39, 0.29) is 5.91 Å². The molecule has 1 heterocycles. The normalized spacial score (nSPS) is 11.3. The van der Waals surface area contributed by atoms with Gasteiger partial charge in [0.1, 0.15) is 0 Å². The number of thiazole rings is 1. The second kappa shape index (κ2) is 9.74. The summed E-state index contributed by atoms with van der Waals surface area (Å²) >= 11 is 9.42. The van der Waals surface area contributed by atoms with Crippen molar-refractivity contribution in [2.45, 2.75) is 18.2 Å². The van der Waals surface area contributed by atoms with Crippen LogP contribution in [0.2, 0.25) is 5.02 Å². The maximum Gasteiger partial charge on any atom is 0.229 e. The Morgan fingerprint density at radius 3 is 2.64 bits per heavy atom. The molecule has 0 bridgehead atoms. The van der Waals surface area contributed by atoms with Crippen LogP contribution in [0, 0.1) is 6.92 Å². The van der Waals surface area contributed by atoms with Gasteiger partial charge in [-0.2, -0.15) is 0 Å². The average molecular weight is 434 g/mol. The molecule has 0 atom stereocenters. The molecule has 28 heavy (non-hydrogen) atoms. The molecule has 4 nitrogen and oxygen atoms in total. The van der Waals surface area contributed by atoms with Gasteiger partial charge in [0.2, 0.25) is 5.91 Å². The van der Waals surface area contributed by atoms with E-state index >= 15 is 0 Å². The number of aromatic nitrogens is 1. The maximum absolute atomic E-state index is 13.0. The number of thioether (sulfide) groups is 1. The van der Waals surface area contributed by atoms with Gasteiger partial charge in [-0.25, -0.2) is 4.98 Å². The molecule has 0 aliphatic carbocycles. The highest BCUT2D eigenvalue weighted by atomic mass is 35.5. The zero-order valence-corrected chi connectivity index (χ0v) is 18.7. The van der Waals surface area contributed by atoms with Gasteiger partial charge in [0.15, 0.2) is 5.13 Å². The molecule has 1 aromatic heterocycles. The summed E-state index contributed by atoms with van der Waals surface area (Å²) in [5, 5.41) is 1.45. The van der Waals surface area contributed by atoms with Crippen LogP contribution >= 0.6 is 34.7 Å². The molecule has 0 N–H and O–H groups in total. The van der Waals surface area contributed by atoms with Crippen LogP contribution in [-0.4, -0.2) is 48.7 Å². The summed E-state index contributed by atoms with van der Waals surface area (Å²) in [5.74, 6) is 0.852. The monoisotopic (exact) mass is 433 g/mol. The number of aryl methyl sites for hydroxylation is 1. The summed E-state index contributed by atoms with van der Waals surface area (Å²) in [7, 11) is 4.02. The molecule has 1 amide bonds. The number of likely N-dealkylation sites (N-methyl/N-ethyl adjacent to an activating group) is 1. The molecule has 0 spiro atoms. The summed E-state index contributed by atoms with van der Waals surface area (Å²) in [6, 6.07) is 14.0. The standard InChI is InChI=1S/C21H24ClN3OS2/c1-15-13-16(22)14-18-20(15)23-21(28-18)25(11-10-24(2)3)19(26)9-12-27-17-7-5-4-6-8-17/h4-8,13-14H,9-12H2,1-3H3. The predicted octanol–water partition coefficient (Wildman–Crippen LogP) is 5.34. The zero-order valence-electron chi connectivity index (χ0n) is 16.3. The number of halogens is 1. The molecule has 3 aromatic rings. The van der Waals surface area contributed by atoms with Gasteiger partial charge in [-0.05, 0) is 50.8 Å². The van der Waals surface area contributed by atoms with Crippen LogP contribution in [0.1, 0.15) is 12.0 Å². The smallest absolute Gasteiger partial charge is 0.229 e. The summed E-state index contributed by atoms with van der Waals surface area (Å²) < 4.78 is 1.02. The minimum atomic E-state index is 0.105. The predicted molar refractivity (Wildman–Crippen MR) is 122 cm³/mol. The fraction of sp³-hybridized carbons (Fsp3) is 0.333. The van der Waals surface area contributed by atoms with Crippen LogP contribution < -0.4 is 4.90 Å². The molecule has 0 radical (unpaired) electrons. The lowest BCUT2D eigenvalue weighted by Crippen LogP contribution is -2.36. The van der Waals surface area contributed by atoms with Gasteiger partial charge in [-0.3, -0.25) is 9.69 Å². The average Bonchev–Trinajstić information content (AvgIpc) is 3.06. The molecule has 148 valence electrons. The molecule has 3 rings (SSSR count). The third-order valence-electron chi connectivity index (χ3n) is 4.27. The Bertz CT molecular complexity index is 943. The maximum atomic E-state index is 13.0. The number of nitrogens with zero attached hydrogens (tertiary/aromatic N) is 3. The highest BCUT2D eigenvalue weighted by molar-refractivity contribution is 7.99. The molecule has 0 saturated heterocycles. The number of benzene rings is 2. The summed E-state index contributed by atoms with van der Waals surface area (Å²) in [6.07, 6.45) is 0.475. The molecule has 0 fully saturated rings. The van der Waals surface area contributed by atoms with Crippen molar-refractivity contribution in [3.63, 3.8) is 0 Å². The first kappa shape index (κ1) is 21.1. The Balaban J connectivity index is 1.76. The number of rotatable bonds is 8. The van der Waals surface area contributed by atoms with E-state index in [4.69, 9.17) is 16.6 Å². The van der Waals surface area contributed by atoms with Crippen molar-refractivity contribution in [2.24, 2.45) is 0 Å². The number of carbonyl (C=O) groups is 1. The number of anilines is 1. The van der Waals surface area contributed by atoms with Crippen LogP contribution in [-0.2, 0) is 4.79 Å². The molecule has 2 aromatic carbocycles. The number of carbonyl (C=O) groups excluding carboxylic acids is 1. The summed E-state index contributed by atoms with van der Waals surface area (Å²) in [5.41, 5.74) is 1.95. The van der Waals surface area contributed by atoms with E-state index in [2.05, 4.69) is 17.0 Å². The number of hydrogen-bond acceptors (Lipinski definition) is 5. The van der Waals surface area contributed by atoms with E-state index in [1.807, 2.05) is 56.3 Å². The molecular formula is C21H24ClN3OS2. The molecule has 0 unspecified atom stereocenters. The Kier molecular flexibility index (Phi) is 7.35. The fourth-order valence-electron chi connectivity index (χ4n) is 2.79. The second-order valence-electron chi connectivity index (χ2n) is 6.83. The zero-order chi connectivity index (χ0) is 20.1. The minimum Gasteiger partial charge on any atom is -0.308 e. The Hall–Kier alpha value is -1.60. The van der Waals surface area contributed by atoms with E-state index in [0.29, 0.717) is 18.0 Å². The number of hydrogen-bond donors (Lipinski definition) is 0. The van der Waals surface area contributed by atoms with Crippen molar-refractivity contribution in [1.29, 1.82) is 0 Å². The lowest BCUT2D eigenvalue weighted by atomic mass is 10.2. The lowest BCUT2D eigenvalue weighted by molar-refractivity contribution is -0.118.